The number of hydrogen-bond donors (Lipinski definition) is 1. The summed E-state index contributed by atoms with van der Waals surface area (Å²) in [6, 6.07) is 7.43. The maximum absolute atomic E-state index is 13.5. The van der Waals surface area contributed by atoms with Crippen molar-refractivity contribution in [2.45, 2.75) is 21.2 Å². The molecule has 1 heterocycles. The minimum Gasteiger partial charge on any atom is -0.468 e. The van der Waals surface area contributed by atoms with E-state index in [2.05, 4.69) is 0 Å². The highest BCUT2D eigenvalue weighted by Crippen LogP contribution is 2.33. The zero-order valence-corrected chi connectivity index (χ0v) is 17.4. The largest absolute Gasteiger partial charge is 0.468 e. The van der Waals surface area contributed by atoms with E-state index in [0.717, 1.165) is 30.5 Å². The van der Waals surface area contributed by atoms with Gasteiger partial charge in [0.1, 0.15) is 22.6 Å². The zero-order valence-electron chi connectivity index (χ0n) is 15.8. The lowest BCUT2D eigenvalue weighted by Crippen LogP contribution is -2.32. The third-order valence-electron chi connectivity index (χ3n) is 4.39. The molecule has 32 heavy (non-hydrogen) atoms. The standard InChI is InChI=1S/C19H14F5NO5S2/c20-12-3-5-13(6-4-12)31(26,27)18(17-2-1-9-30-17)11-25-32(28,29)14-7-8-16(21)15(10-14)19(22,23)24/h1-10,18,25H,11H2/t18-/m0/s1. The monoisotopic (exact) mass is 495 g/mol. The van der Waals surface area contributed by atoms with E-state index < -0.39 is 59.9 Å². The van der Waals surface area contributed by atoms with E-state index in [9.17, 15) is 38.8 Å². The molecule has 1 N–H and O–H groups in total. The predicted molar refractivity (Wildman–Crippen MR) is 102 cm³/mol. The molecule has 3 aromatic rings. The van der Waals surface area contributed by atoms with E-state index in [4.69, 9.17) is 4.42 Å². The molecule has 0 fully saturated rings. The second-order valence-electron chi connectivity index (χ2n) is 6.49. The fourth-order valence-electron chi connectivity index (χ4n) is 2.78. The van der Waals surface area contributed by atoms with Crippen LogP contribution in [0.1, 0.15) is 16.6 Å². The number of benzene rings is 2. The SMILES string of the molecule is O=S(=O)(NC[C@@H](c1ccco1)S(=O)(=O)c1ccc(F)cc1)c1ccc(F)c(C(F)(F)F)c1. The summed E-state index contributed by atoms with van der Waals surface area (Å²) in [5.41, 5.74) is -1.79. The Morgan fingerprint density at radius 1 is 0.906 bits per heavy atom. The van der Waals surface area contributed by atoms with Gasteiger partial charge in [-0.25, -0.2) is 30.3 Å². The van der Waals surface area contributed by atoms with Crippen molar-refractivity contribution in [2.24, 2.45) is 0 Å². The zero-order chi connectivity index (χ0) is 23.7. The molecule has 0 bridgehead atoms. The lowest BCUT2D eigenvalue weighted by Gasteiger charge is -2.17. The minimum atomic E-state index is -5.14. The molecule has 0 amide bonds. The quantitative estimate of drug-likeness (QED) is 0.394. The van der Waals surface area contributed by atoms with E-state index in [1.165, 1.54) is 12.1 Å². The molecule has 0 radical (unpaired) electrons. The van der Waals surface area contributed by atoms with Crippen LogP contribution in [0.15, 0.2) is 75.1 Å². The number of furan rings is 1. The summed E-state index contributed by atoms with van der Waals surface area (Å²) < 4.78 is 123. The van der Waals surface area contributed by atoms with Crippen molar-refractivity contribution in [3.8, 4) is 0 Å². The first kappa shape index (κ1) is 23.9. The molecular formula is C19H14F5NO5S2. The van der Waals surface area contributed by atoms with E-state index >= 15 is 0 Å². The van der Waals surface area contributed by atoms with Crippen molar-refractivity contribution in [3.63, 3.8) is 0 Å². The third kappa shape index (κ3) is 5.00. The Hall–Kier alpha value is -2.77. The first-order chi connectivity index (χ1) is 14.8. The van der Waals surface area contributed by atoms with Gasteiger partial charge in [-0.05, 0) is 54.6 Å². The van der Waals surface area contributed by atoms with Crippen LogP contribution in [0.25, 0.3) is 0 Å². The minimum absolute atomic E-state index is 0.105. The lowest BCUT2D eigenvalue weighted by atomic mass is 10.2. The van der Waals surface area contributed by atoms with Gasteiger partial charge in [-0.2, -0.15) is 13.2 Å². The molecule has 1 aromatic heterocycles. The first-order valence-electron chi connectivity index (χ1n) is 8.71. The molecule has 3 rings (SSSR count). The second-order valence-corrected chi connectivity index (χ2v) is 10.4. The molecule has 0 unspecified atom stereocenters. The van der Waals surface area contributed by atoms with Crippen LogP contribution < -0.4 is 4.72 Å². The first-order valence-corrected chi connectivity index (χ1v) is 11.7. The molecule has 2 aromatic carbocycles. The Morgan fingerprint density at radius 3 is 2.09 bits per heavy atom. The molecule has 0 spiro atoms. The Balaban J connectivity index is 1.94. The molecule has 6 nitrogen and oxygen atoms in total. The molecule has 13 heteroatoms. The molecule has 0 saturated heterocycles. The molecule has 1 atom stereocenters. The van der Waals surface area contributed by atoms with Crippen molar-refractivity contribution in [3.05, 3.63) is 83.8 Å². The molecule has 0 saturated carbocycles. The van der Waals surface area contributed by atoms with Gasteiger partial charge < -0.3 is 4.42 Å². The van der Waals surface area contributed by atoms with Gasteiger partial charge in [0, 0.05) is 6.54 Å². The summed E-state index contributed by atoms with van der Waals surface area (Å²) in [6.07, 6.45) is -4.00. The summed E-state index contributed by atoms with van der Waals surface area (Å²) in [5, 5.41) is -1.62. The number of hydrogen-bond acceptors (Lipinski definition) is 5. The fourth-order valence-corrected chi connectivity index (χ4v) is 5.55. The van der Waals surface area contributed by atoms with Gasteiger partial charge >= 0.3 is 6.18 Å². The number of halogens is 5. The van der Waals surface area contributed by atoms with Crippen LogP contribution in [0.5, 0.6) is 0 Å². The number of rotatable bonds is 7. The van der Waals surface area contributed by atoms with Gasteiger partial charge in [-0.15, -0.1) is 0 Å². The predicted octanol–water partition coefficient (Wildman–Crippen LogP) is 4.07. The molecular weight excluding hydrogens is 481 g/mol. The number of nitrogens with one attached hydrogen (secondary N) is 1. The normalized spacial score (nSPS) is 13.8. The van der Waals surface area contributed by atoms with Gasteiger partial charge in [-0.3, -0.25) is 0 Å². The van der Waals surface area contributed by atoms with E-state index in [0.29, 0.717) is 12.1 Å². The summed E-state index contributed by atoms with van der Waals surface area (Å²) in [6.45, 7) is -0.825. The van der Waals surface area contributed by atoms with Crippen LogP contribution in [-0.2, 0) is 26.0 Å². The Labute approximate surface area is 179 Å². The second kappa shape index (κ2) is 8.64. The molecule has 0 aliphatic carbocycles. The van der Waals surface area contributed by atoms with E-state index in [-0.39, 0.29) is 16.7 Å². The molecule has 0 aliphatic heterocycles. The van der Waals surface area contributed by atoms with Crippen LogP contribution in [0.3, 0.4) is 0 Å². The highest BCUT2D eigenvalue weighted by molar-refractivity contribution is 7.92. The summed E-state index contributed by atoms with van der Waals surface area (Å²) >= 11 is 0. The maximum Gasteiger partial charge on any atom is 0.419 e. The number of sulfonamides is 1. The lowest BCUT2D eigenvalue weighted by molar-refractivity contribution is -0.140. The van der Waals surface area contributed by atoms with Crippen molar-refractivity contribution < 1.29 is 43.2 Å². The van der Waals surface area contributed by atoms with Crippen LogP contribution in [0.2, 0.25) is 0 Å². The van der Waals surface area contributed by atoms with Crippen LogP contribution in [-0.4, -0.2) is 23.4 Å². The summed E-state index contributed by atoms with van der Waals surface area (Å²) in [7, 11) is -8.99. The van der Waals surface area contributed by atoms with E-state index in [1.807, 2.05) is 4.72 Å². The van der Waals surface area contributed by atoms with Gasteiger partial charge in [-0.1, -0.05) is 0 Å². The maximum atomic E-state index is 13.5. The fraction of sp³-hybridized carbons (Fsp3) is 0.158. The number of alkyl halides is 3. The van der Waals surface area contributed by atoms with Crippen molar-refractivity contribution in [1.82, 2.24) is 4.72 Å². The smallest absolute Gasteiger partial charge is 0.419 e. The Bertz CT molecular complexity index is 1300. The van der Waals surface area contributed by atoms with E-state index in [1.54, 1.807) is 0 Å². The topological polar surface area (TPSA) is 93.4 Å². The Morgan fingerprint density at radius 2 is 1.53 bits per heavy atom. The average Bonchev–Trinajstić information content (AvgIpc) is 3.21. The van der Waals surface area contributed by atoms with Crippen molar-refractivity contribution >= 4 is 19.9 Å². The van der Waals surface area contributed by atoms with Crippen molar-refractivity contribution in [1.29, 1.82) is 0 Å². The Kier molecular flexibility index (Phi) is 6.45. The summed E-state index contributed by atoms with van der Waals surface area (Å²) in [4.78, 5) is -1.25. The molecule has 172 valence electrons. The highest BCUT2D eigenvalue weighted by Gasteiger charge is 2.36. The van der Waals surface area contributed by atoms with Gasteiger partial charge in [0.15, 0.2) is 9.84 Å². The van der Waals surface area contributed by atoms with Crippen LogP contribution in [0.4, 0.5) is 22.0 Å². The summed E-state index contributed by atoms with van der Waals surface area (Å²) in [5.74, 6) is -2.52. The van der Waals surface area contributed by atoms with Gasteiger partial charge in [0.25, 0.3) is 0 Å². The van der Waals surface area contributed by atoms with Crippen LogP contribution >= 0.6 is 0 Å². The van der Waals surface area contributed by atoms with Gasteiger partial charge in [0.05, 0.1) is 21.6 Å². The van der Waals surface area contributed by atoms with Crippen molar-refractivity contribution in [2.75, 3.05) is 6.54 Å². The van der Waals surface area contributed by atoms with Gasteiger partial charge in [0.2, 0.25) is 10.0 Å². The highest BCUT2D eigenvalue weighted by atomic mass is 32.2. The average molecular weight is 495 g/mol. The van der Waals surface area contributed by atoms with Crippen LogP contribution in [0, 0.1) is 11.6 Å². The molecule has 0 aliphatic rings. The third-order valence-corrected chi connectivity index (χ3v) is 7.89. The number of sulfone groups is 1.